The summed E-state index contributed by atoms with van der Waals surface area (Å²) < 4.78 is 5.36. The average molecular weight is 380 g/mol. The normalized spacial score (nSPS) is 22.6. The van der Waals surface area contributed by atoms with Gasteiger partial charge >= 0.3 is 0 Å². The van der Waals surface area contributed by atoms with E-state index >= 15 is 0 Å². The molecule has 5 heteroatoms. The van der Waals surface area contributed by atoms with E-state index in [2.05, 4.69) is 17.9 Å². The van der Waals surface area contributed by atoms with Crippen LogP contribution in [0.25, 0.3) is 0 Å². The van der Waals surface area contributed by atoms with Crippen molar-refractivity contribution >= 4 is 17.5 Å². The third-order valence-corrected chi connectivity index (χ3v) is 6.18. The molecule has 4 rings (SSSR count). The van der Waals surface area contributed by atoms with Crippen molar-refractivity contribution in [1.82, 2.24) is 4.90 Å². The molecule has 148 valence electrons. The first-order chi connectivity index (χ1) is 13.6. The van der Waals surface area contributed by atoms with Gasteiger partial charge in [0.15, 0.2) is 5.76 Å². The Kier molecular flexibility index (Phi) is 5.25. The first kappa shape index (κ1) is 18.8. The van der Waals surface area contributed by atoms with E-state index < -0.39 is 0 Å². The molecule has 1 aromatic heterocycles. The highest BCUT2D eigenvalue weighted by atomic mass is 16.3. The highest BCUT2D eigenvalue weighted by Gasteiger charge is 2.40. The molecule has 1 aromatic carbocycles. The third-order valence-electron chi connectivity index (χ3n) is 6.18. The minimum absolute atomic E-state index is 0.00690. The zero-order valence-electron chi connectivity index (χ0n) is 16.6. The van der Waals surface area contributed by atoms with Gasteiger partial charge in [-0.25, -0.2) is 0 Å². The summed E-state index contributed by atoms with van der Waals surface area (Å²) in [6.45, 7) is 3.74. The molecule has 2 aliphatic rings. The molecule has 2 unspecified atom stereocenters. The van der Waals surface area contributed by atoms with Crippen LogP contribution >= 0.6 is 0 Å². The molecule has 1 aliphatic carbocycles. The predicted molar refractivity (Wildman–Crippen MR) is 108 cm³/mol. The first-order valence-corrected chi connectivity index (χ1v) is 10.3. The molecule has 1 fully saturated rings. The van der Waals surface area contributed by atoms with E-state index in [9.17, 15) is 9.59 Å². The lowest BCUT2D eigenvalue weighted by atomic mass is 9.86. The van der Waals surface area contributed by atoms with Gasteiger partial charge in [-0.05, 0) is 49.9 Å². The quantitative estimate of drug-likeness (QED) is 0.758. The van der Waals surface area contributed by atoms with Gasteiger partial charge in [0.25, 0.3) is 5.91 Å². The summed E-state index contributed by atoms with van der Waals surface area (Å²) in [4.78, 5) is 29.7. The molecule has 0 N–H and O–H groups in total. The fourth-order valence-electron chi connectivity index (χ4n) is 4.96. The number of nitrogens with zero attached hydrogens (tertiary/aromatic N) is 2. The van der Waals surface area contributed by atoms with Gasteiger partial charge in [0.05, 0.1) is 12.3 Å². The lowest BCUT2D eigenvalue weighted by Gasteiger charge is -2.46. The summed E-state index contributed by atoms with van der Waals surface area (Å²) in [5, 5.41) is 0. The number of carbonyl (C=O) groups is 2. The van der Waals surface area contributed by atoms with E-state index in [1.54, 1.807) is 19.1 Å². The van der Waals surface area contributed by atoms with Crippen molar-refractivity contribution in [3.8, 4) is 0 Å². The van der Waals surface area contributed by atoms with Crippen LogP contribution in [0.2, 0.25) is 0 Å². The fraction of sp³-hybridized carbons (Fsp3) is 0.478. The number of amides is 2. The van der Waals surface area contributed by atoms with Gasteiger partial charge in [0.1, 0.15) is 0 Å². The van der Waals surface area contributed by atoms with Crippen LogP contribution in [0.1, 0.15) is 74.5 Å². The molecular formula is C23H28N2O3. The van der Waals surface area contributed by atoms with Crippen molar-refractivity contribution in [2.75, 3.05) is 4.90 Å². The van der Waals surface area contributed by atoms with Gasteiger partial charge in [0, 0.05) is 24.7 Å². The van der Waals surface area contributed by atoms with Crippen LogP contribution in [0.5, 0.6) is 0 Å². The summed E-state index contributed by atoms with van der Waals surface area (Å²) in [6, 6.07) is 11.7. The molecule has 0 bridgehead atoms. The van der Waals surface area contributed by atoms with Gasteiger partial charge in [-0.3, -0.25) is 9.59 Å². The Labute approximate surface area is 166 Å². The number of hydrogen-bond donors (Lipinski definition) is 0. The van der Waals surface area contributed by atoms with Gasteiger partial charge in [-0.2, -0.15) is 0 Å². The van der Waals surface area contributed by atoms with Crippen molar-refractivity contribution in [2.45, 2.75) is 70.5 Å². The Hall–Kier alpha value is -2.56. The highest BCUT2D eigenvalue weighted by molar-refractivity contribution is 6.05. The number of furan rings is 1. The molecule has 0 radical (unpaired) electrons. The van der Waals surface area contributed by atoms with E-state index in [1.165, 1.54) is 25.5 Å². The lowest BCUT2D eigenvalue weighted by molar-refractivity contribution is -0.135. The monoisotopic (exact) mass is 380 g/mol. The third kappa shape index (κ3) is 3.34. The summed E-state index contributed by atoms with van der Waals surface area (Å²) in [5.41, 5.74) is 1.94. The van der Waals surface area contributed by atoms with Crippen LogP contribution in [0.3, 0.4) is 0 Å². The van der Waals surface area contributed by atoms with Gasteiger partial charge in [0.2, 0.25) is 5.91 Å². The lowest BCUT2D eigenvalue weighted by Crippen LogP contribution is -2.50. The first-order valence-electron chi connectivity index (χ1n) is 10.3. The number of carbonyl (C=O) groups excluding carboxylic acids is 2. The number of fused-ring (bicyclic) bond motifs is 1. The zero-order chi connectivity index (χ0) is 19.7. The Balaban J connectivity index is 1.72. The average Bonchev–Trinajstić information content (AvgIpc) is 3.23. The minimum Gasteiger partial charge on any atom is -0.459 e. The van der Waals surface area contributed by atoms with Crippen LogP contribution in [0.15, 0.2) is 47.1 Å². The summed E-state index contributed by atoms with van der Waals surface area (Å²) >= 11 is 0. The van der Waals surface area contributed by atoms with E-state index in [4.69, 9.17) is 4.42 Å². The van der Waals surface area contributed by atoms with E-state index in [-0.39, 0.29) is 23.9 Å². The van der Waals surface area contributed by atoms with Crippen LogP contribution in [0.4, 0.5) is 5.69 Å². The molecule has 1 aliphatic heterocycles. The second-order valence-electron chi connectivity index (χ2n) is 8.03. The van der Waals surface area contributed by atoms with Crippen molar-refractivity contribution in [1.29, 1.82) is 0 Å². The molecule has 2 amide bonds. The maximum absolute atomic E-state index is 13.1. The molecule has 28 heavy (non-hydrogen) atoms. The zero-order valence-corrected chi connectivity index (χ0v) is 16.6. The Bertz CT molecular complexity index is 839. The van der Waals surface area contributed by atoms with E-state index in [0.29, 0.717) is 11.8 Å². The van der Waals surface area contributed by atoms with Crippen LogP contribution < -0.4 is 4.90 Å². The Morgan fingerprint density at radius 2 is 1.82 bits per heavy atom. The van der Waals surface area contributed by atoms with Crippen LogP contribution in [-0.2, 0) is 4.79 Å². The van der Waals surface area contributed by atoms with Gasteiger partial charge in [-0.15, -0.1) is 0 Å². The smallest absolute Gasteiger partial charge is 0.294 e. The Morgan fingerprint density at radius 1 is 1.07 bits per heavy atom. The molecule has 1 saturated carbocycles. The second kappa shape index (κ2) is 7.82. The number of hydrogen-bond acceptors (Lipinski definition) is 3. The van der Waals surface area contributed by atoms with Gasteiger partial charge in [-0.1, -0.05) is 37.5 Å². The number of anilines is 1. The molecule has 0 spiro atoms. The SMILES string of the molecule is CC(=O)N(C1CCCCC1)C1CC(C)N(C(=O)c2ccco2)c2ccccc21. The van der Waals surface area contributed by atoms with Crippen molar-refractivity contribution in [3.05, 3.63) is 54.0 Å². The predicted octanol–water partition coefficient (Wildman–Crippen LogP) is 4.94. The van der Waals surface area contributed by atoms with Gasteiger partial charge < -0.3 is 14.2 Å². The molecule has 2 aromatic rings. The fourth-order valence-corrected chi connectivity index (χ4v) is 4.96. The van der Waals surface area contributed by atoms with Crippen LogP contribution in [0, 0.1) is 0 Å². The molecular weight excluding hydrogens is 352 g/mol. The van der Waals surface area contributed by atoms with Crippen LogP contribution in [-0.4, -0.2) is 28.8 Å². The number of benzene rings is 1. The number of rotatable bonds is 3. The standard InChI is InChI=1S/C23H28N2O3/c1-16-15-21(25(17(2)26)18-9-4-3-5-10-18)19-11-6-7-12-20(19)24(16)23(27)22-13-8-14-28-22/h6-8,11-14,16,18,21H,3-5,9-10,15H2,1-2H3. The molecule has 2 heterocycles. The highest BCUT2D eigenvalue weighted by Crippen LogP contribution is 2.43. The van der Waals surface area contributed by atoms with Crippen molar-refractivity contribution in [3.63, 3.8) is 0 Å². The summed E-state index contributed by atoms with van der Waals surface area (Å²) in [5.74, 6) is 0.343. The van der Waals surface area contributed by atoms with E-state index in [0.717, 1.165) is 30.5 Å². The van der Waals surface area contributed by atoms with Crippen molar-refractivity contribution in [2.24, 2.45) is 0 Å². The molecule has 5 nitrogen and oxygen atoms in total. The summed E-state index contributed by atoms with van der Waals surface area (Å²) in [6.07, 6.45) is 8.02. The summed E-state index contributed by atoms with van der Waals surface area (Å²) in [7, 11) is 0. The Morgan fingerprint density at radius 3 is 2.50 bits per heavy atom. The maximum atomic E-state index is 13.1. The van der Waals surface area contributed by atoms with E-state index in [1.807, 2.05) is 23.1 Å². The number of para-hydroxylation sites is 1. The maximum Gasteiger partial charge on any atom is 0.294 e. The van der Waals surface area contributed by atoms with Crippen molar-refractivity contribution < 1.29 is 14.0 Å². The topological polar surface area (TPSA) is 53.8 Å². The second-order valence-corrected chi connectivity index (χ2v) is 8.03. The minimum atomic E-state index is -0.129. The largest absolute Gasteiger partial charge is 0.459 e. The molecule has 2 atom stereocenters. The molecule has 0 saturated heterocycles.